The van der Waals surface area contributed by atoms with Crippen LogP contribution in [-0.2, 0) is 14.9 Å². The topological polar surface area (TPSA) is 84.7 Å². The summed E-state index contributed by atoms with van der Waals surface area (Å²) in [6.07, 6.45) is 0.383. The number of thiocarbonyl (C=S) groups is 1. The Morgan fingerprint density at radius 1 is 1.56 bits per heavy atom. The first-order valence-corrected chi connectivity index (χ1v) is 6.80. The van der Waals surface area contributed by atoms with E-state index in [4.69, 9.17) is 22.7 Å². The monoisotopic (exact) mass is 269 g/mol. The van der Waals surface area contributed by atoms with Gasteiger partial charge in [0.05, 0.1) is 11.6 Å². The normalized spacial score (nSPS) is 11.9. The van der Waals surface area contributed by atoms with Crippen molar-refractivity contribution in [3.63, 3.8) is 0 Å². The average Bonchev–Trinajstić information content (AvgIpc) is 2.18. The van der Waals surface area contributed by atoms with Crippen LogP contribution >= 0.6 is 12.2 Å². The van der Waals surface area contributed by atoms with Crippen LogP contribution in [0.15, 0.2) is 0 Å². The maximum Gasteiger partial charge on any atom is 0.279 e. The minimum Gasteiger partial charge on any atom is -0.393 e. The molecule has 0 atom stereocenters. The van der Waals surface area contributed by atoms with Gasteiger partial charge in [-0.1, -0.05) is 19.1 Å². The van der Waals surface area contributed by atoms with E-state index in [0.717, 1.165) is 0 Å². The van der Waals surface area contributed by atoms with Crippen molar-refractivity contribution >= 4 is 27.4 Å². The summed E-state index contributed by atoms with van der Waals surface area (Å²) in [6, 6.07) is 0. The first-order valence-electron chi connectivity index (χ1n) is 4.96. The Hall–Kier alpha value is -0.280. The standard InChI is InChI=1S/C8H19N3O3S2/c1-3-11(6-4-8(9)15)16(12,13)10-5-7-14-2/h10H,3-7H2,1-2H3,(H2,9,15). The molecule has 0 aliphatic heterocycles. The summed E-state index contributed by atoms with van der Waals surface area (Å²) in [4.78, 5) is 0.311. The van der Waals surface area contributed by atoms with E-state index in [9.17, 15) is 8.42 Å². The molecular weight excluding hydrogens is 250 g/mol. The van der Waals surface area contributed by atoms with E-state index in [-0.39, 0.29) is 6.54 Å². The highest BCUT2D eigenvalue weighted by Crippen LogP contribution is 1.99. The largest absolute Gasteiger partial charge is 0.393 e. The molecule has 0 aromatic heterocycles. The van der Waals surface area contributed by atoms with Gasteiger partial charge in [-0.15, -0.1) is 0 Å². The second-order valence-electron chi connectivity index (χ2n) is 3.10. The number of nitrogens with zero attached hydrogens (tertiary/aromatic N) is 1. The molecule has 0 aromatic rings. The summed E-state index contributed by atoms with van der Waals surface area (Å²) in [5, 5.41) is 0. The van der Waals surface area contributed by atoms with Crippen molar-refractivity contribution in [3.05, 3.63) is 0 Å². The van der Waals surface area contributed by atoms with Crippen molar-refractivity contribution in [1.29, 1.82) is 0 Å². The Morgan fingerprint density at radius 3 is 2.62 bits per heavy atom. The van der Waals surface area contributed by atoms with Crippen LogP contribution in [0.25, 0.3) is 0 Å². The minimum atomic E-state index is -3.45. The Morgan fingerprint density at radius 2 is 2.19 bits per heavy atom. The number of hydrogen-bond donors (Lipinski definition) is 2. The van der Waals surface area contributed by atoms with Gasteiger partial charge in [-0.3, -0.25) is 0 Å². The Kier molecular flexibility index (Phi) is 7.77. The molecule has 0 unspecified atom stereocenters. The van der Waals surface area contributed by atoms with E-state index in [1.165, 1.54) is 11.4 Å². The van der Waals surface area contributed by atoms with E-state index in [1.807, 2.05) is 0 Å². The van der Waals surface area contributed by atoms with Crippen molar-refractivity contribution in [2.75, 3.05) is 33.4 Å². The molecule has 0 aromatic carbocycles. The highest BCUT2D eigenvalue weighted by Gasteiger charge is 2.19. The maximum atomic E-state index is 11.7. The quantitative estimate of drug-likeness (QED) is 0.434. The average molecular weight is 269 g/mol. The third kappa shape index (κ3) is 6.33. The Balaban J connectivity index is 4.25. The van der Waals surface area contributed by atoms with E-state index in [1.54, 1.807) is 6.92 Å². The van der Waals surface area contributed by atoms with Crippen LogP contribution < -0.4 is 10.5 Å². The van der Waals surface area contributed by atoms with Gasteiger partial charge in [0.15, 0.2) is 0 Å². The molecule has 0 spiro atoms. The zero-order valence-corrected chi connectivity index (χ0v) is 11.2. The van der Waals surface area contributed by atoms with Gasteiger partial charge in [-0.05, 0) is 0 Å². The van der Waals surface area contributed by atoms with E-state index in [0.29, 0.717) is 31.1 Å². The third-order valence-corrected chi connectivity index (χ3v) is 3.78. The first kappa shape index (κ1) is 15.7. The van der Waals surface area contributed by atoms with E-state index in [2.05, 4.69) is 4.72 Å². The molecule has 8 heteroatoms. The third-order valence-electron chi connectivity index (χ3n) is 1.89. The summed E-state index contributed by atoms with van der Waals surface area (Å²) >= 11 is 4.71. The van der Waals surface area contributed by atoms with Crippen LogP contribution in [0.1, 0.15) is 13.3 Å². The zero-order chi connectivity index (χ0) is 12.6. The van der Waals surface area contributed by atoms with Gasteiger partial charge in [0.2, 0.25) is 0 Å². The molecule has 0 radical (unpaired) electrons. The molecule has 16 heavy (non-hydrogen) atoms. The van der Waals surface area contributed by atoms with Crippen LogP contribution in [0.3, 0.4) is 0 Å². The summed E-state index contributed by atoms with van der Waals surface area (Å²) in [7, 11) is -1.94. The molecule has 0 saturated heterocycles. The van der Waals surface area contributed by atoms with Crippen LogP contribution in [-0.4, -0.2) is 51.1 Å². The van der Waals surface area contributed by atoms with Gasteiger partial charge >= 0.3 is 0 Å². The molecule has 3 N–H and O–H groups in total. The molecule has 0 bridgehead atoms. The van der Waals surface area contributed by atoms with Crippen LogP contribution in [0.5, 0.6) is 0 Å². The highest BCUT2D eigenvalue weighted by atomic mass is 32.2. The van der Waals surface area contributed by atoms with Crippen molar-refractivity contribution in [2.24, 2.45) is 5.73 Å². The lowest BCUT2D eigenvalue weighted by atomic mass is 10.4. The fraction of sp³-hybridized carbons (Fsp3) is 0.875. The van der Waals surface area contributed by atoms with Crippen molar-refractivity contribution in [3.8, 4) is 0 Å². The lowest BCUT2D eigenvalue weighted by Gasteiger charge is -2.20. The fourth-order valence-corrected chi connectivity index (χ4v) is 2.33. The van der Waals surface area contributed by atoms with Crippen LogP contribution in [0.2, 0.25) is 0 Å². The number of hydrogen-bond acceptors (Lipinski definition) is 4. The molecule has 0 amide bonds. The molecule has 0 fully saturated rings. The number of nitrogens with one attached hydrogen (secondary N) is 1. The fourth-order valence-electron chi connectivity index (χ4n) is 1.05. The maximum absolute atomic E-state index is 11.7. The Labute approximate surface area is 102 Å². The van der Waals surface area contributed by atoms with Gasteiger partial charge in [-0.2, -0.15) is 17.4 Å². The van der Waals surface area contributed by atoms with E-state index >= 15 is 0 Å². The summed E-state index contributed by atoms with van der Waals surface area (Å²) in [5.74, 6) is 0. The van der Waals surface area contributed by atoms with Crippen LogP contribution in [0, 0.1) is 0 Å². The van der Waals surface area contributed by atoms with E-state index < -0.39 is 10.2 Å². The van der Waals surface area contributed by atoms with Crippen molar-refractivity contribution in [2.45, 2.75) is 13.3 Å². The lowest BCUT2D eigenvalue weighted by molar-refractivity contribution is 0.203. The zero-order valence-electron chi connectivity index (χ0n) is 9.60. The number of ether oxygens (including phenoxy) is 1. The smallest absolute Gasteiger partial charge is 0.279 e. The summed E-state index contributed by atoms with van der Waals surface area (Å²) in [5.41, 5.74) is 5.33. The molecule has 0 rings (SSSR count). The molecule has 96 valence electrons. The molecule has 0 heterocycles. The van der Waals surface area contributed by atoms with Crippen molar-refractivity contribution < 1.29 is 13.2 Å². The second-order valence-corrected chi connectivity index (χ2v) is 5.38. The molecular formula is C8H19N3O3S2. The predicted octanol–water partition coefficient (Wildman–Crippen LogP) is -0.535. The molecule has 0 saturated carbocycles. The van der Waals surface area contributed by atoms with Gasteiger partial charge in [0.25, 0.3) is 10.2 Å². The molecule has 0 aliphatic carbocycles. The van der Waals surface area contributed by atoms with Crippen molar-refractivity contribution in [1.82, 2.24) is 9.03 Å². The molecule has 6 nitrogen and oxygen atoms in total. The van der Waals surface area contributed by atoms with Gasteiger partial charge in [-0.25, -0.2) is 0 Å². The first-order chi connectivity index (χ1) is 7.44. The highest BCUT2D eigenvalue weighted by molar-refractivity contribution is 7.87. The second kappa shape index (κ2) is 7.91. The lowest BCUT2D eigenvalue weighted by Crippen LogP contribution is -2.42. The number of nitrogens with two attached hydrogens (primary N) is 1. The van der Waals surface area contributed by atoms with Gasteiger partial charge in [0.1, 0.15) is 0 Å². The summed E-state index contributed by atoms with van der Waals surface area (Å²) < 4.78 is 31.9. The predicted molar refractivity (Wildman–Crippen MR) is 67.4 cm³/mol. The number of rotatable bonds is 9. The SMILES string of the molecule is CCN(CCC(N)=S)S(=O)(=O)NCCOC. The Bertz CT molecular complexity index is 306. The van der Waals surface area contributed by atoms with Gasteiger partial charge in [0, 0.05) is 33.2 Å². The number of methoxy groups -OCH3 is 1. The minimum absolute atomic E-state index is 0.252. The molecule has 0 aliphatic rings. The van der Waals surface area contributed by atoms with Crippen LogP contribution in [0.4, 0.5) is 0 Å². The van der Waals surface area contributed by atoms with Gasteiger partial charge < -0.3 is 10.5 Å². The summed E-state index contributed by atoms with van der Waals surface area (Å²) in [6.45, 7) is 3.03.